The maximum Gasteiger partial charge on any atom is 0.287 e. The lowest BCUT2D eigenvalue weighted by molar-refractivity contribution is 0.0790. The lowest BCUT2D eigenvalue weighted by Gasteiger charge is -2.30. The van der Waals surface area contributed by atoms with Crippen molar-refractivity contribution < 1.29 is 14.3 Å². The van der Waals surface area contributed by atoms with Gasteiger partial charge in [-0.1, -0.05) is 31.2 Å². The van der Waals surface area contributed by atoms with Crippen molar-refractivity contribution in [2.45, 2.75) is 45.4 Å². The van der Waals surface area contributed by atoms with Gasteiger partial charge in [0.2, 0.25) is 0 Å². The summed E-state index contributed by atoms with van der Waals surface area (Å²) >= 11 is 0. The minimum atomic E-state index is -0.185. The predicted octanol–water partition coefficient (Wildman–Crippen LogP) is 2.73. The molecule has 0 aliphatic carbocycles. The van der Waals surface area contributed by atoms with E-state index in [4.69, 9.17) is 4.42 Å². The van der Waals surface area contributed by atoms with Gasteiger partial charge in [-0.2, -0.15) is 0 Å². The van der Waals surface area contributed by atoms with E-state index in [-0.39, 0.29) is 12.0 Å². The fourth-order valence-electron chi connectivity index (χ4n) is 3.16. The van der Waals surface area contributed by atoms with Crippen LogP contribution in [0.15, 0.2) is 40.8 Å². The summed E-state index contributed by atoms with van der Waals surface area (Å²) in [7, 11) is 0. The molecule has 0 bridgehead atoms. The summed E-state index contributed by atoms with van der Waals surface area (Å²) in [6.07, 6.45) is 2.28. The molecule has 1 aliphatic rings. The summed E-state index contributed by atoms with van der Waals surface area (Å²) in [5.74, 6) is 0.993. The molecule has 2 N–H and O–H groups in total. The number of piperidine rings is 1. The monoisotopic (exact) mass is 342 g/mol. The van der Waals surface area contributed by atoms with E-state index >= 15 is 0 Å². The van der Waals surface area contributed by atoms with Crippen molar-refractivity contribution in [3.05, 3.63) is 59.0 Å². The van der Waals surface area contributed by atoms with Crippen LogP contribution in [0.25, 0.3) is 0 Å². The summed E-state index contributed by atoms with van der Waals surface area (Å²) in [6.45, 7) is 5.14. The van der Waals surface area contributed by atoms with Gasteiger partial charge in [-0.05, 0) is 36.1 Å². The number of nitrogens with one attached hydrogen (secondary N) is 1. The number of carbonyl (C=O) groups excluding carboxylic acids is 1. The van der Waals surface area contributed by atoms with E-state index in [1.54, 1.807) is 6.07 Å². The number of furan rings is 1. The Morgan fingerprint density at radius 2 is 1.92 bits per heavy atom. The quantitative estimate of drug-likeness (QED) is 0.847. The molecule has 134 valence electrons. The second-order valence-corrected chi connectivity index (χ2v) is 6.58. The molecular weight excluding hydrogens is 316 g/mol. The van der Waals surface area contributed by atoms with Gasteiger partial charge in [0.1, 0.15) is 5.76 Å². The van der Waals surface area contributed by atoms with Crippen molar-refractivity contribution in [2.24, 2.45) is 0 Å². The molecule has 0 radical (unpaired) electrons. The number of carbonyl (C=O) groups is 1. The molecule has 0 atom stereocenters. The number of aryl methyl sites for hydroxylation is 1. The molecule has 1 fully saturated rings. The molecule has 3 rings (SSSR count). The van der Waals surface area contributed by atoms with Crippen LogP contribution in [0.5, 0.6) is 0 Å². The minimum absolute atomic E-state index is 0.160. The highest BCUT2D eigenvalue weighted by atomic mass is 16.3. The number of rotatable bonds is 6. The molecular formula is C20H26N2O3. The maximum atomic E-state index is 12.2. The van der Waals surface area contributed by atoms with Crippen LogP contribution in [0.2, 0.25) is 0 Å². The predicted molar refractivity (Wildman–Crippen MR) is 96.2 cm³/mol. The van der Waals surface area contributed by atoms with Crippen molar-refractivity contribution in [1.82, 2.24) is 10.2 Å². The molecule has 0 saturated carbocycles. The van der Waals surface area contributed by atoms with Crippen molar-refractivity contribution in [3.8, 4) is 0 Å². The Bertz CT molecular complexity index is 702. The molecule has 5 heteroatoms. The van der Waals surface area contributed by atoms with Crippen LogP contribution in [0.1, 0.15) is 47.2 Å². The average molecular weight is 342 g/mol. The molecule has 1 amide bonds. The van der Waals surface area contributed by atoms with E-state index in [9.17, 15) is 9.90 Å². The number of nitrogens with zero attached hydrogens (tertiary/aromatic N) is 1. The lowest BCUT2D eigenvalue weighted by Crippen LogP contribution is -2.35. The van der Waals surface area contributed by atoms with Crippen molar-refractivity contribution in [3.63, 3.8) is 0 Å². The third kappa shape index (κ3) is 4.71. The Morgan fingerprint density at radius 1 is 1.20 bits per heavy atom. The Kier molecular flexibility index (Phi) is 5.89. The van der Waals surface area contributed by atoms with Crippen LogP contribution >= 0.6 is 0 Å². The number of amides is 1. The first kappa shape index (κ1) is 17.7. The van der Waals surface area contributed by atoms with Crippen LogP contribution < -0.4 is 5.32 Å². The van der Waals surface area contributed by atoms with Crippen molar-refractivity contribution in [1.29, 1.82) is 0 Å². The van der Waals surface area contributed by atoms with Gasteiger partial charge in [-0.25, -0.2) is 0 Å². The molecule has 1 aromatic carbocycles. The highest BCUT2D eigenvalue weighted by Gasteiger charge is 2.18. The summed E-state index contributed by atoms with van der Waals surface area (Å²) in [5, 5.41) is 12.6. The van der Waals surface area contributed by atoms with Gasteiger partial charge in [0, 0.05) is 32.6 Å². The van der Waals surface area contributed by atoms with Gasteiger partial charge in [0.05, 0.1) is 6.10 Å². The summed E-state index contributed by atoms with van der Waals surface area (Å²) in [5.41, 5.74) is 2.33. The zero-order valence-corrected chi connectivity index (χ0v) is 14.7. The summed E-state index contributed by atoms with van der Waals surface area (Å²) < 4.78 is 5.50. The van der Waals surface area contributed by atoms with Crippen LogP contribution in [0, 0.1) is 0 Å². The first-order valence-electron chi connectivity index (χ1n) is 9.00. The zero-order valence-electron chi connectivity index (χ0n) is 14.7. The fourth-order valence-corrected chi connectivity index (χ4v) is 3.16. The van der Waals surface area contributed by atoms with Gasteiger partial charge in [-0.15, -0.1) is 0 Å². The third-order valence-electron chi connectivity index (χ3n) is 4.74. The molecule has 0 spiro atoms. The highest BCUT2D eigenvalue weighted by molar-refractivity contribution is 5.91. The number of aliphatic hydroxyl groups is 1. The van der Waals surface area contributed by atoms with E-state index in [0.717, 1.165) is 50.2 Å². The molecule has 25 heavy (non-hydrogen) atoms. The second kappa shape index (κ2) is 8.32. The first-order chi connectivity index (χ1) is 12.2. The van der Waals surface area contributed by atoms with E-state index in [0.29, 0.717) is 12.3 Å². The number of aliphatic hydroxyl groups excluding tert-OH is 1. The van der Waals surface area contributed by atoms with E-state index < -0.39 is 0 Å². The van der Waals surface area contributed by atoms with Crippen LogP contribution in [-0.2, 0) is 19.5 Å². The van der Waals surface area contributed by atoms with Gasteiger partial charge in [0.15, 0.2) is 5.76 Å². The number of hydrogen-bond acceptors (Lipinski definition) is 4. The largest absolute Gasteiger partial charge is 0.456 e. The van der Waals surface area contributed by atoms with E-state index in [2.05, 4.69) is 16.3 Å². The molecule has 0 unspecified atom stereocenters. The normalized spacial score (nSPS) is 16.1. The second-order valence-electron chi connectivity index (χ2n) is 6.58. The molecule has 1 aliphatic heterocycles. The number of hydrogen-bond donors (Lipinski definition) is 2. The molecule has 5 nitrogen and oxygen atoms in total. The molecule has 2 aromatic rings. The Labute approximate surface area is 148 Å². The van der Waals surface area contributed by atoms with Gasteiger partial charge in [0.25, 0.3) is 5.91 Å². The van der Waals surface area contributed by atoms with E-state index in [1.165, 1.54) is 5.56 Å². The van der Waals surface area contributed by atoms with Crippen LogP contribution in [0.3, 0.4) is 0 Å². The maximum absolute atomic E-state index is 12.2. The SMILES string of the molecule is CCc1ccc(C(=O)NCc2ccccc2CN2CCC(O)CC2)o1. The van der Waals surface area contributed by atoms with Crippen molar-refractivity contribution in [2.75, 3.05) is 13.1 Å². The topological polar surface area (TPSA) is 65.7 Å². The number of likely N-dealkylation sites (tertiary alicyclic amines) is 1. The van der Waals surface area contributed by atoms with Crippen LogP contribution in [0.4, 0.5) is 0 Å². The summed E-state index contributed by atoms with van der Waals surface area (Å²) in [6, 6.07) is 11.7. The zero-order chi connectivity index (χ0) is 17.6. The van der Waals surface area contributed by atoms with Crippen LogP contribution in [-0.4, -0.2) is 35.1 Å². The van der Waals surface area contributed by atoms with Gasteiger partial charge >= 0.3 is 0 Å². The molecule has 2 heterocycles. The van der Waals surface area contributed by atoms with Gasteiger partial charge in [-0.3, -0.25) is 9.69 Å². The van der Waals surface area contributed by atoms with Crippen molar-refractivity contribution >= 4 is 5.91 Å². The molecule has 1 aromatic heterocycles. The lowest BCUT2D eigenvalue weighted by atomic mass is 10.0. The Hall–Kier alpha value is -2.11. The van der Waals surface area contributed by atoms with E-state index in [1.807, 2.05) is 31.2 Å². The smallest absolute Gasteiger partial charge is 0.287 e. The standard InChI is InChI=1S/C20H26N2O3/c1-2-18-7-8-19(25-18)20(24)21-13-15-5-3-4-6-16(15)14-22-11-9-17(23)10-12-22/h3-8,17,23H,2,9-14H2,1H3,(H,21,24). The molecule has 1 saturated heterocycles. The first-order valence-corrected chi connectivity index (χ1v) is 9.00. The summed E-state index contributed by atoms with van der Waals surface area (Å²) in [4.78, 5) is 14.6. The minimum Gasteiger partial charge on any atom is -0.456 e. The van der Waals surface area contributed by atoms with Gasteiger partial charge < -0.3 is 14.8 Å². The Morgan fingerprint density at radius 3 is 2.60 bits per heavy atom. The Balaban J connectivity index is 1.59. The fraction of sp³-hybridized carbons (Fsp3) is 0.450. The highest BCUT2D eigenvalue weighted by Crippen LogP contribution is 2.17. The average Bonchev–Trinajstić information content (AvgIpc) is 3.12. The third-order valence-corrected chi connectivity index (χ3v) is 4.74. The number of benzene rings is 1.